The average molecular weight is 251 g/mol. The normalized spacial score (nSPS) is 9.83. The molecule has 0 aliphatic heterocycles. The highest BCUT2D eigenvalue weighted by Crippen LogP contribution is 2.27. The van der Waals surface area contributed by atoms with Crippen molar-refractivity contribution in [3.05, 3.63) is 46.0 Å². The number of benzene rings is 1. The van der Waals surface area contributed by atoms with Crippen LogP contribution in [0.15, 0.2) is 30.4 Å². The molecule has 0 aliphatic rings. The molecule has 0 spiro atoms. The molecule has 1 aromatic rings. The summed E-state index contributed by atoms with van der Waals surface area (Å²) in [4.78, 5) is 21.3. The monoisotopic (exact) mass is 251 g/mol. The SMILES string of the molecule is C=C(Cc1ccc(O)c([N+](=O)[O-])c1)C(=O)OCC. The highest BCUT2D eigenvalue weighted by Gasteiger charge is 2.15. The van der Waals surface area contributed by atoms with Crippen LogP contribution in [-0.4, -0.2) is 22.6 Å². The number of phenols is 1. The summed E-state index contributed by atoms with van der Waals surface area (Å²) < 4.78 is 4.76. The fourth-order valence-corrected chi connectivity index (χ4v) is 1.38. The van der Waals surface area contributed by atoms with E-state index in [1.165, 1.54) is 18.2 Å². The summed E-state index contributed by atoms with van der Waals surface area (Å²) in [5.41, 5.74) is 0.318. The van der Waals surface area contributed by atoms with Crippen molar-refractivity contribution in [3.63, 3.8) is 0 Å². The first kappa shape index (κ1) is 13.7. The first-order chi connectivity index (χ1) is 8.45. The molecule has 0 aromatic heterocycles. The maximum absolute atomic E-state index is 11.3. The van der Waals surface area contributed by atoms with Gasteiger partial charge in [-0.15, -0.1) is 0 Å². The number of nitro groups is 1. The molecular formula is C12H13NO5. The Morgan fingerprint density at radius 1 is 1.56 bits per heavy atom. The minimum atomic E-state index is -0.689. The minimum Gasteiger partial charge on any atom is -0.502 e. The zero-order valence-electron chi connectivity index (χ0n) is 9.88. The molecule has 0 fully saturated rings. The van der Waals surface area contributed by atoms with Crippen molar-refractivity contribution in [2.45, 2.75) is 13.3 Å². The van der Waals surface area contributed by atoms with Crippen LogP contribution in [0.25, 0.3) is 0 Å². The molecular weight excluding hydrogens is 238 g/mol. The van der Waals surface area contributed by atoms with Crippen molar-refractivity contribution < 1.29 is 19.6 Å². The number of nitro benzene ring substituents is 1. The van der Waals surface area contributed by atoms with Crippen molar-refractivity contribution in [1.82, 2.24) is 0 Å². The highest BCUT2D eigenvalue weighted by molar-refractivity contribution is 5.88. The lowest BCUT2D eigenvalue weighted by molar-refractivity contribution is -0.385. The van der Waals surface area contributed by atoms with Crippen LogP contribution < -0.4 is 0 Å². The lowest BCUT2D eigenvalue weighted by atomic mass is 10.1. The molecule has 96 valence electrons. The van der Waals surface area contributed by atoms with Crippen LogP contribution in [-0.2, 0) is 16.0 Å². The quantitative estimate of drug-likeness (QED) is 0.374. The second-order valence-electron chi connectivity index (χ2n) is 3.58. The minimum absolute atomic E-state index is 0.139. The number of esters is 1. The van der Waals surface area contributed by atoms with E-state index < -0.39 is 22.3 Å². The Kier molecular flexibility index (Phi) is 4.42. The Balaban J connectivity index is 2.86. The van der Waals surface area contributed by atoms with Gasteiger partial charge in [0.25, 0.3) is 0 Å². The van der Waals surface area contributed by atoms with E-state index in [9.17, 15) is 20.0 Å². The number of carbonyl (C=O) groups excluding carboxylic acids is 1. The Morgan fingerprint density at radius 3 is 2.78 bits per heavy atom. The molecule has 0 heterocycles. The van der Waals surface area contributed by atoms with Crippen molar-refractivity contribution in [1.29, 1.82) is 0 Å². The summed E-state index contributed by atoms with van der Waals surface area (Å²) in [5, 5.41) is 19.9. The number of carbonyl (C=O) groups is 1. The highest BCUT2D eigenvalue weighted by atomic mass is 16.6. The third kappa shape index (κ3) is 3.31. The van der Waals surface area contributed by atoms with Gasteiger partial charge < -0.3 is 9.84 Å². The number of ether oxygens (including phenoxy) is 1. The number of phenolic OH excluding ortho intramolecular Hbond substituents is 1. The zero-order chi connectivity index (χ0) is 13.7. The van der Waals surface area contributed by atoms with Crippen molar-refractivity contribution in [2.75, 3.05) is 6.61 Å². The number of nitrogens with zero attached hydrogens (tertiary/aromatic N) is 1. The van der Waals surface area contributed by atoms with Gasteiger partial charge in [0.2, 0.25) is 0 Å². The average Bonchev–Trinajstić information content (AvgIpc) is 2.31. The molecule has 0 atom stereocenters. The molecule has 1 N–H and O–H groups in total. The van der Waals surface area contributed by atoms with E-state index in [4.69, 9.17) is 4.74 Å². The summed E-state index contributed by atoms with van der Waals surface area (Å²) in [6.45, 7) is 5.48. The third-order valence-electron chi connectivity index (χ3n) is 2.22. The van der Waals surface area contributed by atoms with Gasteiger partial charge in [-0.1, -0.05) is 12.6 Å². The first-order valence-electron chi connectivity index (χ1n) is 5.27. The van der Waals surface area contributed by atoms with Crippen LogP contribution in [0, 0.1) is 10.1 Å². The summed E-state index contributed by atoms with van der Waals surface area (Å²) in [5.74, 6) is -0.946. The summed E-state index contributed by atoms with van der Waals surface area (Å²) in [7, 11) is 0. The van der Waals surface area contributed by atoms with Gasteiger partial charge in [-0.25, -0.2) is 4.79 Å². The number of hydrogen-bond acceptors (Lipinski definition) is 5. The molecule has 1 aromatic carbocycles. The number of rotatable bonds is 5. The van der Waals surface area contributed by atoms with E-state index in [0.29, 0.717) is 5.56 Å². The Bertz CT molecular complexity index is 495. The van der Waals surface area contributed by atoms with Gasteiger partial charge in [0.1, 0.15) is 0 Å². The Hall–Kier alpha value is -2.37. The van der Waals surface area contributed by atoms with Crippen LogP contribution in [0.4, 0.5) is 5.69 Å². The summed E-state index contributed by atoms with van der Waals surface area (Å²) in [6, 6.07) is 3.92. The van der Waals surface area contributed by atoms with E-state index in [1.807, 2.05) is 0 Å². The van der Waals surface area contributed by atoms with Gasteiger partial charge in [0.15, 0.2) is 5.75 Å². The van der Waals surface area contributed by atoms with E-state index in [2.05, 4.69) is 6.58 Å². The van der Waals surface area contributed by atoms with Crippen LogP contribution in [0.5, 0.6) is 5.75 Å². The first-order valence-corrected chi connectivity index (χ1v) is 5.27. The zero-order valence-corrected chi connectivity index (χ0v) is 9.88. The maximum atomic E-state index is 11.3. The molecule has 0 saturated carbocycles. The molecule has 1 rings (SSSR count). The molecule has 0 bridgehead atoms. The van der Waals surface area contributed by atoms with Crippen LogP contribution in [0.2, 0.25) is 0 Å². The van der Waals surface area contributed by atoms with Gasteiger partial charge in [-0.2, -0.15) is 0 Å². The van der Waals surface area contributed by atoms with Gasteiger partial charge in [0, 0.05) is 18.1 Å². The van der Waals surface area contributed by atoms with Gasteiger partial charge in [-0.05, 0) is 18.6 Å². The number of aromatic hydroxyl groups is 1. The molecule has 0 radical (unpaired) electrons. The molecule has 0 unspecified atom stereocenters. The molecule has 6 nitrogen and oxygen atoms in total. The summed E-state index contributed by atoms with van der Waals surface area (Å²) in [6.07, 6.45) is 0.139. The lowest BCUT2D eigenvalue weighted by Crippen LogP contribution is -2.08. The van der Waals surface area contributed by atoms with Gasteiger partial charge in [0.05, 0.1) is 11.5 Å². The van der Waals surface area contributed by atoms with Crippen LogP contribution >= 0.6 is 0 Å². The predicted octanol–water partition coefficient (Wildman–Crippen LogP) is 1.96. The van der Waals surface area contributed by atoms with Crippen molar-refractivity contribution in [3.8, 4) is 5.75 Å². The largest absolute Gasteiger partial charge is 0.502 e. The Labute approximate surface area is 104 Å². The topological polar surface area (TPSA) is 89.7 Å². The van der Waals surface area contributed by atoms with Crippen LogP contribution in [0.3, 0.4) is 0 Å². The maximum Gasteiger partial charge on any atom is 0.333 e. The van der Waals surface area contributed by atoms with E-state index in [0.717, 1.165) is 0 Å². The Morgan fingerprint density at radius 2 is 2.22 bits per heavy atom. The van der Waals surface area contributed by atoms with Gasteiger partial charge in [-0.3, -0.25) is 10.1 Å². The van der Waals surface area contributed by atoms with E-state index in [-0.39, 0.29) is 18.6 Å². The van der Waals surface area contributed by atoms with Gasteiger partial charge >= 0.3 is 11.7 Å². The standard InChI is InChI=1S/C12H13NO5/c1-3-18-12(15)8(2)6-9-4-5-11(14)10(7-9)13(16)17/h4-5,7,14H,2-3,6H2,1H3. The smallest absolute Gasteiger partial charge is 0.333 e. The van der Waals surface area contributed by atoms with Crippen LogP contribution in [0.1, 0.15) is 12.5 Å². The van der Waals surface area contributed by atoms with E-state index >= 15 is 0 Å². The fraction of sp³-hybridized carbons (Fsp3) is 0.250. The molecule has 0 aliphatic carbocycles. The van der Waals surface area contributed by atoms with Crippen molar-refractivity contribution in [2.24, 2.45) is 0 Å². The predicted molar refractivity (Wildman–Crippen MR) is 64.2 cm³/mol. The van der Waals surface area contributed by atoms with Crippen molar-refractivity contribution >= 4 is 11.7 Å². The second-order valence-corrected chi connectivity index (χ2v) is 3.58. The third-order valence-corrected chi connectivity index (χ3v) is 2.22. The number of hydrogen-bond donors (Lipinski definition) is 1. The molecule has 0 saturated heterocycles. The summed E-state index contributed by atoms with van der Waals surface area (Å²) >= 11 is 0. The fourth-order valence-electron chi connectivity index (χ4n) is 1.38. The lowest BCUT2D eigenvalue weighted by Gasteiger charge is -2.05. The molecule has 18 heavy (non-hydrogen) atoms. The van der Waals surface area contributed by atoms with E-state index in [1.54, 1.807) is 6.92 Å². The molecule has 0 amide bonds. The molecule has 6 heteroatoms. The second kappa shape index (κ2) is 5.81.